The molecule has 2 rings (SSSR count). The molecule has 0 saturated carbocycles. The first-order valence-corrected chi connectivity index (χ1v) is 9.98. The molecule has 0 saturated heterocycles. The highest BCUT2D eigenvalue weighted by molar-refractivity contribution is 7.98. The molecular formula is C20H26N4O2S. The number of hydrogen-bond donors (Lipinski definition) is 1. The largest absolute Gasteiger partial charge is 0.349 e. The summed E-state index contributed by atoms with van der Waals surface area (Å²) in [4.78, 5) is 35.1. The van der Waals surface area contributed by atoms with Gasteiger partial charge in [0.25, 0.3) is 5.91 Å². The molecule has 27 heavy (non-hydrogen) atoms. The Bertz CT molecular complexity index is 833. The molecule has 6 nitrogen and oxygen atoms in total. The van der Waals surface area contributed by atoms with E-state index in [2.05, 4.69) is 15.3 Å². The SMILES string of the molecule is CSc1nc(C(C)C)nc(C)c1C(=O)Nc1ccc(CC(=O)N(C)C)cc1. The summed E-state index contributed by atoms with van der Waals surface area (Å²) >= 11 is 1.44. The summed E-state index contributed by atoms with van der Waals surface area (Å²) in [5.74, 6) is 0.742. The van der Waals surface area contributed by atoms with E-state index in [0.29, 0.717) is 28.4 Å². The lowest BCUT2D eigenvalue weighted by molar-refractivity contribution is -0.127. The molecule has 0 bridgehead atoms. The number of nitrogens with zero attached hydrogens (tertiary/aromatic N) is 3. The zero-order chi connectivity index (χ0) is 20.1. The fraction of sp³-hybridized carbons (Fsp3) is 0.400. The zero-order valence-electron chi connectivity index (χ0n) is 16.7. The van der Waals surface area contributed by atoms with Gasteiger partial charge in [-0.15, -0.1) is 11.8 Å². The Balaban J connectivity index is 2.19. The lowest BCUT2D eigenvalue weighted by Gasteiger charge is -2.14. The van der Waals surface area contributed by atoms with E-state index in [1.165, 1.54) is 11.8 Å². The van der Waals surface area contributed by atoms with Gasteiger partial charge in [0.15, 0.2) is 0 Å². The predicted molar refractivity (Wildman–Crippen MR) is 109 cm³/mol. The van der Waals surface area contributed by atoms with E-state index in [1.54, 1.807) is 31.1 Å². The van der Waals surface area contributed by atoms with Crippen molar-refractivity contribution >= 4 is 29.3 Å². The highest BCUT2D eigenvalue weighted by atomic mass is 32.2. The monoisotopic (exact) mass is 386 g/mol. The molecular weight excluding hydrogens is 360 g/mol. The first-order valence-electron chi connectivity index (χ1n) is 8.75. The maximum atomic E-state index is 12.8. The second-order valence-corrected chi connectivity index (χ2v) is 7.62. The van der Waals surface area contributed by atoms with Gasteiger partial charge < -0.3 is 10.2 Å². The van der Waals surface area contributed by atoms with Crippen molar-refractivity contribution < 1.29 is 9.59 Å². The highest BCUT2D eigenvalue weighted by Gasteiger charge is 2.19. The molecule has 1 heterocycles. The third-order valence-corrected chi connectivity index (χ3v) is 4.76. The summed E-state index contributed by atoms with van der Waals surface area (Å²) in [6.07, 6.45) is 2.24. The van der Waals surface area contributed by atoms with Crippen molar-refractivity contribution in [1.29, 1.82) is 0 Å². The third kappa shape index (κ3) is 5.29. The van der Waals surface area contributed by atoms with Crippen LogP contribution in [0.25, 0.3) is 0 Å². The van der Waals surface area contributed by atoms with Gasteiger partial charge >= 0.3 is 0 Å². The Morgan fingerprint density at radius 1 is 1.15 bits per heavy atom. The number of anilines is 1. The summed E-state index contributed by atoms with van der Waals surface area (Å²) in [5, 5.41) is 3.58. The van der Waals surface area contributed by atoms with E-state index in [-0.39, 0.29) is 17.7 Å². The number of likely N-dealkylation sites (N-methyl/N-ethyl adjacent to an activating group) is 1. The second kappa shape index (κ2) is 8.99. The maximum Gasteiger partial charge on any atom is 0.260 e. The van der Waals surface area contributed by atoms with Crippen molar-refractivity contribution in [2.45, 2.75) is 38.1 Å². The average Bonchev–Trinajstić information content (AvgIpc) is 2.62. The van der Waals surface area contributed by atoms with Crippen molar-refractivity contribution in [3.05, 3.63) is 46.9 Å². The first kappa shape index (κ1) is 20.9. The fourth-order valence-electron chi connectivity index (χ4n) is 2.47. The highest BCUT2D eigenvalue weighted by Crippen LogP contribution is 2.24. The number of aromatic nitrogens is 2. The van der Waals surface area contributed by atoms with Crippen LogP contribution in [0.3, 0.4) is 0 Å². The van der Waals surface area contributed by atoms with Crippen LogP contribution >= 0.6 is 11.8 Å². The third-order valence-electron chi connectivity index (χ3n) is 4.08. The molecule has 0 unspecified atom stereocenters. The maximum absolute atomic E-state index is 12.8. The number of nitrogens with one attached hydrogen (secondary N) is 1. The number of carbonyl (C=O) groups excluding carboxylic acids is 2. The fourth-order valence-corrected chi connectivity index (χ4v) is 3.10. The van der Waals surface area contributed by atoms with Crippen LogP contribution in [0.2, 0.25) is 0 Å². The van der Waals surface area contributed by atoms with Crippen LogP contribution in [0.1, 0.15) is 47.2 Å². The van der Waals surface area contributed by atoms with Crippen LogP contribution in [0, 0.1) is 6.92 Å². The topological polar surface area (TPSA) is 75.2 Å². The van der Waals surface area contributed by atoms with Gasteiger partial charge in [0.1, 0.15) is 10.9 Å². The molecule has 0 aliphatic carbocycles. The standard InChI is InChI=1S/C20H26N4O2S/c1-12(2)18-21-13(3)17(20(23-18)27-6)19(26)22-15-9-7-14(8-10-15)11-16(25)24(4)5/h7-10,12H,11H2,1-6H3,(H,22,26). The minimum atomic E-state index is -0.232. The van der Waals surface area contributed by atoms with E-state index in [9.17, 15) is 9.59 Å². The van der Waals surface area contributed by atoms with Crippen molar-refractivity contribution in [3.63, 3.8) is 0 Å². The number of benzene rings is 1. The van der Waals surface area contributed by atoms with E-state index in [4.69, 9.17) is 0 Å². The summed E-state index contributed by atoms with van der Waals surface area (Å²) in [7, 11) is 3.46. The van der Waals surface area contributed by atoms with Crippen molar-refractivity contribution in [1.82, 2.24) is 14.9 Å². The van der Waals surface area contributed by atoms with Crippen LogP contribution < -0.4 is 5.32 Å². The smallest absolute Gasteiger partial charge is 0.260 e. The van der Waals surface area contributed by atoms with Gasteiger partial charge in [-0.25, -0.2) is 9.97 Å². The van der Waals surface area contributed by atoms with Gasteiger partial charge in [-0.2, -0.15) is 0 Å². The lowest BCUT2D eigenvalue weighted by atomic mass is 10.1. The predicted octanol–water partition coefficient (Wildman–Crippen LogP) is 3.51. The lowest BCUT2D eigenvalue weighted by Crippen LogP contribution is -2.23. The van der Waals surface area contributed by atoms with Gasteiger partial charge in [0.2, 0.25) is 5.91 Å². The quantitative estimate of drug-likeness (QED) is 0.607. The number of hydrogen-bond acceptors (Lipinski definition) is 5. The number of thioether (sulfide) groups is 1. The van der Waals surface area contributed by atoms with Crippen LogP contribution in [-0.4, -0.2) is 47.0 Å². The van der Waals surface area contributed by atoms with Crippen LogP contribution in [0.4, 0.5) is 5.69 Å². The van der Waals surface area contributed by atoms with Crippen molar-refractivity contribution in [2.75, 3.05) is 25.7 Å². The number of rotatable bonds is 6. The molecule has 0 aliphatic heterocycles. The van der Waals surface area contributed by atoms with E-state index in [0.717, 1.165) is 11.4 Å². The molecule has 144 valence electrons. The molecule has 1 aromatic carbocycles. The summed E-state index contributed by atoms with van der Waals surface area (Å²) < 4.78 is 0. The van der Waals surface area contributed by atoms with Gasteiger partial charge in [-0.1, -0.05) is 26.0 Å². The van der Waals surface area contributed by atoms with Crippen molar-refractivity contribution in [2.24, 2.45) is 0 Å². The summed E-state index contributed by atoms with van der Waals surface area (Å²) in [5.41, 5.74) is 2.74. The van der Waals surface area contributed by atoms with Gasteiger partial charge in [-0.3, -0.25) is 9.59 Å². The van der Waals surface area contributed by atoms with Crippen molar-refractivity contribution in [3.8, 4) is 0 Å². The molecule has 0 radical (unpaired) electrons. The Labute approximate surface area is 164 Å². The number of carbonyl (C=O) groups is 2. The summed E-state index contributed by atoms with van der Waals surface area (Å²) in [6.45, 7) is 5.89. The molecule has 0 aliphatic rings. The zero-order valence-corrected chi connectivity index (χ0v) is 17.5. The minimum absolute atomic E-state index is 0.0365. The van der Waals surface area contributed by atoms with Crippen LogP contribution in [0.5, 0.6) is 0 Å². The molecule has 2 aromatic rings. The van der Waals surface area contributed by atoms with Crippen LogP contribution in [0.15, 0.2) is 29.3 Å². The number of aryl methyl sites for hydroxylation is 1. The molecule has 2 amide bonds. The van der Waals surface area contributed by atoms with E-state index < -0.39 is 0 Å². The van der Waals surface area contributed by atoms with E-state index >= 15 is 0 Å². The Morgan fingerprint density at radius 3 is 2.30 bits per heavy atom. The van der Waals surface area contributed by atoms with Gasteiger partial charge in [0.05, 0.1) is 17.7 Å². The molecule has 7 heteroatoms. The minimum Gasteiger partial charge on any atom is -0.349 e. The average molecular weight is 387 g/mol. The van der Waals surface area contributed by atoms with E-state index in [1.807, 2.05) is 39.2 Å². The normalized spacial score (nSPS) is 10.8. The molecule has 1 aromatic heterocycles. The Morgan fingerprint density at radius 2 is 1.78 bits per heavy atom. The van der Waals surface area contributed by atoms with Gasteiger partial charge in [-0.05, 0) is 30.9 Å². The first-order chi connectivity index (χ1) is 12.7. The van der Waals surface area contributed by atoms with Crippen LogP contribution in [-0.2, 0) is 11.2 Å². The summed E-state index contributed by atoms with van der Waals surface area (Å²) in [6, 6.07) is 7.29. The Hall–Kier alpha value is -2.41. The second-order valence-electron chi connectivity index (χ2n) is 6.82. The number of amides is 2. The molecule has 0 fully saturated rings. The Kier molecular flexibility index (Phi) is 6.96. The molecule has 1 N–H and O–H groups in total. The molecule has 0 atom stereocenters. The molecule has 0 spiro atoms. The van der Waals surface area contributed by atoms with Gasteiger partial charge in [0, 0.05) is 25.7 Å².